The summed E-state index contributed by atoms with van der Waals surface area (Å²) in [7, 11) is 0. The zero-order valence-electron chi connectivity index (χ0n) is 7.33. The Morgan fingerprint density at radius 2 is 2.14 bits per heavy atom. The molecule has 1 aromatic rings. The molecule has 0 radical (unpaired) electrons. The molecule has 0 unspecified atom stereocenters. The normalized spacial score (nSPS) is 16.7. The van der Waals surface area contributed by atoms with Crippen molar-refractivity contribution in [2.75, 3.05) is 0 Å². The van der Waals surface area contributed by atoms with Crippen molar-refractivity contribution in [3.8, 4) is 0 Å². The molecule has 1 nitrogen and oxygen atoms in total. The standard InChI is InChI=1S/C5H4IN/c6-5-1-3-7-4-2-5/h1-4H/i1D,2D,3D,4D. The SMILES string of the molecule is [2H]c1nc([2H])c([2H])c(I)c1[2H]. The zero-order chi connectivity index (χ0) is 8.59. The van der Waals surface area contributed by atoms with Crippen molar-refractivity contribution in [1.29, 1.82) is 0 Å². The summed E-state index contributed by atoms with van der Waals surface area (Å²) in [5.74, 6) is 0. The Hall–Kier alpha value is -0.120. The lowest BCUT2D eigenvalue weighted by molar-refractivity contribution is 1.32. The molecule has 1 aromatic heterocycles. The summed E-state index contributed by atoms with van der Waals surface area (Å²) >= 11 is 1.77. The average molecular weight is 209 g/mol. The quantitative estimate of drug-likeness (QED) is 0.592. The highest BCUT2D eigenvalue weighted by Crippen LogP contribution is 1.97. The van der Waals surface area contributed by atoms with Gasteiger partial charge in [0.1, 0.15) is 0 Å². The summed E-state index contributed by atoms with van der Waals surface area (Å²) in [4.78, 5) is 3.39. The minimum absolute atomic E-state index is 0.0772. The van der Waals surface area contributed by atoms with E-state index in [2.05, 4.69) is 4.98 Å². The van der Waals surface area contributed by atoms with Crippen LogP contribution in [0.15, 0.2) is 24.4 Å². The molecule has 0 aliphatic heterocycles. The predicted molar refractivity (Wildman–Crippen MR) is 37.0 cm³/mol. The molecule has 0 saturated carbocycles. The van der Waals surface area contributed by atoms with Gasteiger partial charge >= 0.3 is 0 Å². The number of aromatic nitrogens is 1. The van der Waals surface area contributed by atoms with Crippen LogP contribution in [0.4, 0.5) is 0 Å². The van der Waals surface area contributed by atoms with Crippen LogP contribution in [0.2, 0.25) is 0 Å². The Balaban J connectivity index is 3.46. The zero-order valence-corrected chi connectivity index (χ0v) is 5.48. The van der Waals surface area contributed by atoms with E-state index in [4.69, 9.17) is 5.48 Å². The molecule has 1 heterocycles. The van der Waals surface area contributed by atoms with Crippen molar-refractivity contribution < 1.29 is 5.48 Å². The molecule has 0 amide bonds. The average Bonchev–Trinajstić information content (AvgIpc) is 1.97. The van der Waals surface area contributed by atoms with Crippen LogP contribution in [0.25, 0.3) is 0 Å². The van der Waals surface area contributed by atoms with Gasteiger partial charge in [0, 0.05) is 15.9 Å². The van der Waals surface area contributed by atoms with Crippen molar-refractivity contribution in [3.63, 3.8) is 0 Å². The number of nitrogens with zero attached hydrogens (tertiary/aromatic N) is 1. The second kappa shape index (κ2) is 2.26. The van der Waals surface area contributed by atoms with Gasteiger partial charge < -0.3 is 0 Å². The third kappa shape index (κ3) is 1.43. The van der Waals surface area contributed by atoms with E-state index in [1.165, 1.54) is 0 Å². The van der Waals surface area contributed by atoms with E-state index < -0.39 is 0 Å². The fraction of sp³-hybridized carbons (Fsp3) is 0. The first-order chi connectivity index (χ1) is 5.04. The number of hydrogen-bond donors (Lipinski definition) is 0. The van der Waals surface area contributed by atoms with Crippen molar-refractivity contribution in [1.82, 2.24) is 4.98 Å². The predicted octanol–water partition coefficient (Wildman–Crippen LogP) is 1.69. The third-order valence-electron chi connectivity index (χ3n) is 0.443. The van der Waals surface area contributed by atoms with E-state index in [1.807, 2.05) is 0 Å². The molecule has 0 bridgehead atoms. The smallest absolute Gasteiger partial charge is 0.0840 e. The van der Waals surface area contributed by atoms with Gasteiger partial charge in [0.25, 0.3) is 0 Å². The molecule has 0 N–H and O–H groups in total. The van der Waals surface area contributed by atoms with Crippen LogP contribution < -0.4 is 0 Å². The van der Waals surface area contributed by atoms with Gasteiger partial charge in [-0.3, -0.25) is 4.98 Å². The van der Waals surface area contributed by atoms with Gasteiger partial charge in [-0.25, -0.2) is 0 Å². The summed E-state index contributed by atoms with van der Waals surface area (Å²) < 4.78 is 28.9. The fourth-order valence-electron chi connectivity index (χ4n) is 0.213. The van der Waals surface area contributed by atoms with Crippen LogP contribution in [-0.2, 0) is 0 Å². The molecule has 0 fully saturated rings. The monoisotopic (exact) mass is 209 g/mol. The van der Waals surface area contributed by atoms with Crippen LogP contribution in [0.3, 0.4) is 0 Å². The van der Waals surface area contributed by atoms with E-state index in [1.54, 1.807) is 22.6 Å². The van der Waals surface area contributed by atoms with E-state index in [-0.39, 0.29) is 24.4 Å². The molecule has 36 valence electrons. The number of halogens is 1. The number of hydrogen-bond acceptors (Lipinski definition) is 1. The number of rotatable bonds is 0. The van der Waals surface area contributed by atoms with Gasteiger partial charge in [0.05, 0.1) is 5.48 Å². The second-order valence-electron chi connectivity index (χ2n) is 0.899. The van der Waals surface area contributed by atoms with Gasteiger partial charge in [0.2, 0.25) is 0 Å². The van der Waals surface area contributed by atoms with Crippen LogP contribution in [-0.4, -0.2) is 4.98 Å². The van der Waals surface area contributed by atoms with Gasteiger partial charge in [0.15, 0.2) is 0 Å². The molecule has 0 saturated heterocycles. The van der Waals surface area contributed by atoms with Gasteiger partial charge in [-0.2, -0.15) is 0 Å². The summed E-state index contributed by atoms with van der Waals surface area (Å²) in [6.07, 6.45) is -0.481. The molecule has 1 rings (SSSR count). The molecule has 2 heteroatoms. The van der Waals surface area contributed by atoms with E-state index in [0.717, 1.165) is 0 Å². The summed E-state index contributed by atoms with van der Waals surface area (Å²) in [6.45, 7) is 0. The molecule has 7 heavy (non-hydrogen) atoms. The summed E-state index contributed by atoms with van der Waals surface area (Å²) in [5.41, 5.74) is 0. The van der Waals surface area contributed by atoms with Crippen LogP contribution in [0.5, 0.6) is 0 Å². The first-order valence-electron chi connectivity index (χ1n) is 3.64. The minimum atomic E-state index is -0.240. The highest BCUT2D eigenvalue weighted by molar-refractivity contribution is 14.1. The van der Waals surface area contributed by atoms with Crippen molar-refractivity contribution in [3.05, 3.63) is 28.0 Å². The Morgan fingerprint density at radius 3 is 2.71 bits per heavy atom. The van der Waals surface area contributed by atoms with Crippen molar-refractivity contribution >= 4 is 22.6 Å². The second-order valence-corrected chi connectivity index (χ2v) is 1.98. The van der Waals surface area contributed by atoms with E-state index in [9.17, 15) is 0 Å². The summed E-state index contributed by atoms with van der Waals surface area (Å²) in [6, 6.07) is -0.154. The maximum Gasteiger partial charge on any atom is 0.0840 e. The first-order valence-corrected chi connectivity index (χ1v) is 2.71. The van der Waals surface area contributed by atoms with Crippen LogP contribution >= 0.6 is 22.6 Å². The lowest BCUT2D eigenvalue weighted by Gasteiger charge is -1.80. The van der Waals surface area contributed by atoms with Crippen molar-refractivity contribution in [2.24, 2.45) is 0 Å². The van der Waals surface area contributed by atoms with E-state index in [0.29, 0.717) is 3.57 Å². The van der Waals surface area contributed by atoms with E-state index >= 15 is 0 Å². The van der Waals surface area contributed by atoms with Gasteiger partial charge in [-0.1, -0.05) is 0 Å². The topological polar surface area (TPSA) is 12.9 Å². The molecular weight excluding hydrogens is 201 g/mol. The van der Waals surface area contributed by atoms with Gasteiger partial charge in [-0.05, 0) is 34.7 Å². The Morgan fingerprint density at radius 1 is 1.57 bits per heavy atom. The Kier molecular flexibility index (Phi) is 0.647. The highest BCUT2D eigenvalue weighted by atomic mass is 127. The fourth-order valence-corrected chi connectivity index (χ4v) is 0.454. The van der Waals surface area contributed by atoms with Gasteiger partial charge in [-0.15, -0.1) is 0 Å². The molecular formula is C5H4IN. The first kappa shape index (κ1) is 2.01. The molecule has 0 aromatic carbocycles. The van der Waals surface area contributed by atoms with Crippen molar-refractivity contribution in [2.45, 2.75) is 0 Å². The Labute approximate surface area is 61.5 Å². The lowest BCUT2D eigenvalue weighted by atomic mass is 10.5. The highest BCUT2D eigenvalue weighted by Gasteiger charge is 1.75. The third-order valence-corrected chi connectivity index (χ3v) is 0.982. The summed E-state index contributed by atoms with van der Waals surface area (Å²) in [5, 5.41) is 0. The molecule has 0 aliphatic carbocycles. The maximum absolute atomic E-state index is 7.22. The molecule has 0 spiro atoms. The van der Waals surface area contributed by atoms with Crippen LogP contribution in [0, 0.1) is 3.57 Å². The molecule has 0 atom stereocenters. The molecule has 0 aliphatic rings. The minimum Gasteiger partial charge on any atom is -0.265 e. The lowest BCUT2D eigenvalue weighted by Crippen LogP contribution is -1.67. The Bertz CT molecular complexity index is 275. The van der Waals surface area contributed by atoms with Crippen LogP contribution in [0.1, 0.15) is 5.48 Å². The number of pyridine rings is 1. The largest absolute Gasteiger partial charge is 0.265 e. The maximum atomic E-state index is 7.22.